The molecule has 9 heteroatoms. The summed E-state index contributed by atoms with van der Waals surface area (Å²) in [6.07, 6.45) is 1.97. The van der Waals surface area contributed by atoms with E-state index in [1.165, 1.54) is 24.3 Å². The first-order chi connectivity index (χ1) is 19.0. The molecule has 6 nitrogen and oxygen atoms in total. The summed E-state index contributed by atoms with van der Waals surface area (Å²) in [5, 5.41) is 12.5. The molecule has 1 saturated heterocycles. The monoisotopic (exact) mass is 554 g/mol. The second-order valence-electron chi connectivity index (χ2n) is 11.3. The molecule has 6 rings (SSSR count). The molecule has 2 aromatic rings. The summed E-state index contributed by atoms with van der Waals surface area (Å²) in [4.78, 5) is 17.3. The molecular formula is C31H33F3N2O4. The lowest BCUT2D eigenvalue weighted by molar-refractivity contribution is -0.198. The zero-order chi connectivity index (χ0) is 28.4. The van der Waals surface area contributed by atoms with Crippen LogP contribution in [0.15, 0.2) is 55.1 Å². The molecule has 1 spiro atoms. The van der Waals surface area contributed by atoms with Crippen molar-refractivity contribution < 1.29 is 32.5 Å². The second-order valence-corrected chi connectivity index (χ2v) is 11.3. The average molecular weight is 555 g/mol. The zero-order valence-electron chi connectivity index (χ0n) is 22.6. The highest BCUT2D eigenvalue weighted by Crippen LogP contribution is 2.65. The first kappa shape index (κ1) is 26.9. The Bertz CT molecular complexity index is 1390. The van der Waals surface area contributed by atoms with E-state index in [4.69, 9.17) is 9.47 Å². The van der Waals surface area contributed by atoms with Gasteiger partial charge in [0.2, 0.25) is 5.91 Å². The third kappa shape index (κ3) is 3.74. The molecule has 2 bridgehead atoms. The van der Waals surface area contributed by atoms with E-state index >= 15 is 0 Å². The fourth-order valence-corrected chi connectivity index (χ4v) is 7.80. The van der Waals surface area contributed by atoms with Crippen LogP contribution in [0, 0.1) is 0 Å². The van der Waals surface area contributed by atoms with Crippen molar-refractivity contribution in [1.29, 1.82) is 0 Å². The maximum Gasteiger partial charge on any atom is 0.416 e. The van der Waals surface area contributed by atoms with Gasteiger partial charge in [0.05, 0.1) is 29.7 Å². The van der Waals surface area contributed by atoms with Crippen molar-refractivity contribution in [3.05, 3.63) is 77.4 Å². The zero-order valence-corrected chi connectivity index (χ0v) is 22.6. The fraction of sp³-hybridized carbons (Fsp3) is 0.452. The van der Waals surface area contributed by atoms with Crippen LogP contribution in [0.4, 0.5) is 13.2 Å². The fourth-order valence-electron chi connectivity index (χ4n) is 7.80. The van der Waals surface area contributed by atoms with Gasteiger partial charge in [0.1, 0.15) is 6.10 Å². The smallest absolute Gasteiger partial charge is 0.416 e. The molecule has 2 heterocycles. The molecule has 2 aliphatic heterocycles. The Morgan fingerprint density at radius 1 is 1.30 bits per heavy atom. The summed E-state index contributed by atoms with van der Waals surface area (Å²) in [5.74, 6) is 0.910. The second kappa shape index (κ2) is 9.38. The number of alkyl halides is 3. The number of hydrogen-bond acceptors (Lipinski definition) is 5. The number of methoxy groups -OCH3 is 1. The highest BCUT2D eigenvalue weighted by molar-refractivity contribution is 5.92. The van der Waals surface area contributed by atoms with Crippen molar-refractivity contribution in [2.75, 3.05) is 27.2 Å². The van der Waals surface area contributed by atoms with E-state index in [0.29, 0.717) is 43.7 Å². The minimum Gasteiger partial charge on any atom is -0.493 e. The van der Waals surface area contributed by atoms with E-state index in [1.807, 2.05) is 12.1 Å². The Kier molecular flexibility index (Phi) is 6.31. The van der Waals surface area contributed by atoms with Gasteiger partial charge in [0.25, 0.3) is 0 Å². The van der Waals surface area contributed by atoms with E-state index in [1.54, 1.807) is 19.1 Å². The van der Waals surface area contributed by atoms with Gasteiger partial charge in [-0.25, -0.2) is 0 Å². The minimum absolute atomic E-state index is 0.111. The Hall–Kier alpha value is -3.30. The van der Waals surface area contributed by atoms with Crippen LogP contribution in [-0.2, 0) is 22.8 Å². The summed E-state index contributed by atoms with van der Waals surface area (Å²) < 4.78 is 51.8. The number of carbonyl (C=O) groups excluding carboxylic acids is 1. The SMILES string of the molecule is C=CCN1CC[C@]23c4c5ccc(OC)c4OC2C(N(C)C(=O)/C=C/c2cccc(C(F)(F)F)c2)CC[C@@]3(O)[C@H]1C5. The minimum atomic E-state index is -4.46. The van der Waals surface area contributed by atoms with Crippen molar-refractivity contribution in [2.45, 2.75) is 61.1 Å². The van der Waals surface area contributed by atoms with E-state index in [9.17, 15) is 23.1 Å². The van der Waals surface area contributed by atoms with Crippen LogP contribution < -0.4 is 9.47 Å². The molecule has 2 unspecified atom stereocenters. The number of rotatable bonds is 6. The first-order valence-corrected chi connectivity index (χ1v) is 13.6. The van der Waals surface area contributed by atoms with Gasteiger partial charge in [-0.1, -0.05) is 24.3 Å². The topological polar surface area (TPSA) is 62.2 Å². The van der Waals surface area contributed by atoms with Gasteiger partial charge in [-0.15, -0.1) is 6.58 Å². The first-order valence-electron chi connectivity index (χ1n) is 13.6. The molecule has 40 heavy (non-hydrogen) atoms. The largest absolute Gasteiger partial charge is 0.493 e. The standard InChI is InChI=1S/C31H33F3N2O4/c1-4-15-36-16-14-29-26-20-9-10-23(39-3)27(26)40-28(29)22(12-13-30(29,38)24(36)18-20)35(2)25(37)11-8-19-6-5-7-21(17-19)31(32,33)34/h4-11,17,22,24,28,38H,1,12-16,18H2,2-3H3/b11-8+/t22?,24-,28?,29+,30-/m1/s1. The third-order valence-electron chi connectivity index (χ3n) is 9.59. The Morgan fingerprint density at radius 3 is 2.83 bits per heavy atom. The molecule has 0 radical (unpaired) electrons. The number of benzene rings is 2. The van der Waals surface area contributed by atoms with Crippen LogP contribution in [0.3, 0.4) is 0 Å². The van der Waals surface area contributed by atoms with Gasteiger partial charge in [0, 0.05) is 31.3 Å². The average Bonchev–Trinajstić information content (AvgIpc) is 3.28. The Labute approximate surface area is 231 Å². The molecule has 1 saturated carbocycles. The number of piperidine rings is 1. The van der Waals surface area contributed by atoms with Crippen LogP contribution in [0.5, 0.6) is 11.5 Å². The molecule has 212 valence electrons. The van der Waals surface area contributed by atoms with Crippen LogP contribution >= 0.6 is 0 Å². The van der Waals surface area contributed by atoms with Crippen LogP contribution in [-0.4, -0.2) is 71.8 Å². The predicted octanol–water partition coefficient (Wildman–Crippen LogP) is 4.59. The number of amides is 1. The normalized spacial score (nSPS) is 30.5. The van der Waals surface area contributed by atoms with E-state index in [-0.39, 0.29) is 23.6 Å². The van der Waals surface area contributed by atoms with Crippen LogP contribution in [0.1, 0.15) is 41.5 Å². The Balaban J connectivity index is 1.35. The summed E-state index contributed by atoms with van der Waals surface area (Å²) in [6.45, 7) is 5.35. The maximum absolute atomic E-state index is 13.4. The van der Waals surface area contributed by atoms with Crippen LogP contribution in [0.2, 0.25) is 0 Å². The van der Waals surface area contributed by atoms with Crippen molar-refractivity contribution in [3.63, 3.8) is 0 Å². The van der Waals surface area contributed by atoms with Gasteiger partial charge < -0.3 is 19.5 Å². The number of aliphatic hydroxyl groups is 1. The highest BCUT2D eigenvalue weighted by Gasteiger charge is 2.73. The molecule has 5 atom stereocenters. The lowest BCUT2D eigenvalue weighted by atomic mass is 9.48. The molecule has 4 aliphatic rings. The van der Waals surface area contributed by atoms with Crippen molar-refractivity contribution in [2.24, 2.45) is 0 Å². The molecule has 2 fully saturated rings. The quantitative estimate of drug-likeness (QED) is 0.418. The molecular weight excluding hydrogens is 521 g/mol. The summed E-state index contributed by atoms with van der Waals surface area (Å²) >= 11 is 0. The number of carbonyl (C=O) groups is 1. The summed E-state index contributed by atoms with van der Waals surface area (Å²) in [7, 11) is 3.29. The lowest BCUT2D eigenvalue weighted by Gasteiger charge is -2.64. The number of likely N-dealkylation sites (tertiary alicyclic amines) is 1. The van der Waals surface area contributed by atoms with Crippen molar-refractivity contribution in [3.8, 4) is 11.5 Å². The van der Waals surface area contributed by atoms with Crippen LogP contribution in [0.25, 0.3) is 6.08 Å². The number of hydrogen-bond donors (Lipinski definition) is 1. The van der Waals surface area contributed by atoms with Gasteiger partial charge in [-0.3, -0.25) is 9.69 Å². The van der Waals surface area contributed by atoms with Gasteiger partial charge in [0.15, 0.2) is 11.5 Å². The maximum atomic E-state index is 13.4. The number of nitrogens with zero attached hydrogens (tertiary/aromatic N) is 2. The summed E-state index contributed by atoms with van der Waals surface area (Å²) in [5.41, 5.74) is -0.124. The molecule has 1 amide bonds. The number of likely N-dealkylation sites (N-methyl/N-ethyl adjacent to an activating group) is 1. The molecule has 2 aromatic carbocycles. The van der Waals surface area contributed by atoms with Gasteiger partial charge in [-0.2, -0.15) is 13.2 Å². The molecule has 2 aliphatic carbocycles. The third-order valence-corrected chi connectivity index (χ3v) is 9.59. The Morgan fingerprint density at radius 2 is 2.10 bits per heavy atom. The summed E-state index contributed by atoms with van der Waals surface area (Å²) in [6, 6.07) is 8.38. The van der Waals surface area contributed by atoms with E-state index in [0.717, 1.165) is 29.8 Å². The molecule has 0 aromatic heterocycles. The molecule has 1 N–H and O–H groups in total. The van der Waals surface area contributed by atoms with E-state index < -0.39 is 28.9 Å². The van der Waals surface area contributed by atoms with Gasteiger partial charge in [-0.05, 0) is 67.6 Å². The predicted molar refractivity (Wildman–Crippen MR) is 144 cm³/mol. The highest BCUT2D eigenvalue weighted by atomic mass is 19.4. The number of halogens is 3. The lowest BCUT2D eigenvalue weighted by Crippen LogP contribution is -2.78. The van der Waals surface area contributed by atoms with Gasteiger partial charge >= 0.3 is 6.18 Å². The van der Waals surface area contributed by atoms with E-state index in [2.05, 4.69) is 17.5 Å². The van der Waals surface area contributed by atoms with Crippen molar-refractivity contribution in [1.82, 2.24) is 9.80 Å². The van der Waals surface area contributed by atoms with Crippen molar-refractivity contribution >= 4 is 12.0 Å². The number of ether oxygens (including phenoxy) is 2.